The molecule has 18 aliphatic rings. The molecule has 0 amide bonds. The maximum absolute atomic E-state index is 17.0. The van der Waals surface area contributed by atoms with Crippen LogP contribution >= 0.6 is 0 Å². The van der Waals surface area contributed by atoms with Gasteiger partial charge in [-0.3, -0.25) is 9.69 Å². The number of aliphatic hydroxyl groups excluding tert-OH is 1. The number of nitrogens with two attached hydrogens (primary N) is 1. The van der Waals surface area contributed by atoms with Crippen molar-refractivity contribution in [3.05, 3.63) is 80.5 Å². The van der Waals surface area contributed by atoms with Crippen LogP contribution in [0.4, 0.5) is 0 Å². The summed E-state index contributed by atoms with van der Waals surface area (Å²) < 4.78 is 15.1. The van der Waals surface area contributed by atoms with Crippen LogP contribution in [-0.2, 0) is 26.3 Å². The number of carbonyl (C=O) groups excluding carboxylic acids is 2. The van der Waals surface area contributed by atoms with Crippen molar-refractivity contribution in [3.8, 4) is 0 Å². The molecular formula is C66H83N3O5. The molecule has 8 nitrogen and oxygen atoms in total. The van der Waals surface area contributed by atoms with Crippen LogP contribution in [0.3, 0.4) is 0 Å². The number of carbonyl (C=O) groups is 2. The number of esters is 2. The summed E-state index contributed by atoms with van der Waals surface area (Å²) in [4.78, 5) is 38.8. The summed E-state index contributed by atoms with van der Waals surface area (Å²) in [6, 6.07) is 7.88. The van der Waals surface area contributed by atoms with Gasteiger partial charge in [0.15, 0.2) is 11.4 Å². The third-order valence-corrected chi connectivity index (χ3v) is 27.9. The number of ether oxygens (including phenoxy) is 2. The molecule has 0 radical (unpaired) electrons. The second-order valence-electron chi connectivity index (χ2n) is 29.8. The van der Waals surface area contributed by atoms with E-state index in [4.69, 9.17) is 15.2 Å². The monoisotopic (exact) mass is 998 g/mol. The van der Waals surface area contributed by atoms with Gasteiger partial charge in [-0.15, -0.1) is 0 Å². The normalized spacial score (nSPS) is 49.2. The van der Waals surface area contributed by atoms with E-state index in [0.717, 1.165) is 68.2 Å². The molecule has 1 aromatic carbocycles. The zero-order chi connectivity index (χ0) is 49.0. The molecule has 19 rings (SSSR count). The lowest BCUT2D eigenvalue weighted by Gasteiger charge is -2.74. The number of fused-ring (bicyclic) bond motifs is 7. The first-order valence-electron chi connectivity index (χ1n) is 31.5. The number of hydrogen-bond acceptors (Lipinski definition) is 8. The summed E-state index contributed by atoms with van der Waals surface area (Å²) in [7, 11) is 0. The van der Waals surface area contributed by atoms with E-state index in [1.807, 2.05) is 0 Å². The van der Waals surface area contributed by atoms with Crippen LogP contribution in [0.2, 0.25) is 0 Å². The van der Waals surface area contributed by atoms with E-state index in [0.29, 0.717) is 83.4 Å². The molecule has 6 spiro atoms. The van der Waals surface area contributed by atoms with Crippen LogP contribution in [0.25, 0.3) is 0 Å². The van der Waals surface area contributed by atoms with Crippen LogP contribution in [0.5, 0.6) is 0 Å². The van der Waals surface area contributed by atoms with Gasteiger partial charge in [0, 0.05) is 66.1 Å². The largest absolute Gasteiger partial charge is 0.508 e. The SMILES string of the molecule is CC1CC2=C3C4C5=C6C7CC14CCC7=CC(C1CCCCC1)CC1C64C(=O)OC(=C(O)C6CC7CCC8(CCC9(CCCC9)C8)C6N6CC8CC(CN3C8CC2)C76)C4(CC5)C12OC(=O)c1c(CCCN)cccc12. The van der Waals surface area contributed by atoms with E-state index in [2.05, 4.69) is 41.0 Å². The molecule has 10 aliphatic carbocycles. The average Bonchev–Trinajstić information content (AvgIpc) is 3.94. The highest BCUT2D eigenvalue weighted by atomic mass is 16.6. The van der Waals surface area contributed by atoms with Gasteiger partial charge in [0.1, 0.15) is 11.2 Å². The lowest BCUT2D eigenvalue weighted by molar-refractivity contribution is -0.284. The topological polar surface area (TPSA) is 105 Å². The fourth-order valence-corrected chi connectivity index (χ4v) is 25.8. The molecule has 392 valence electrons. The van der Waals surface area contributed by atoms with E-state index >= 15 is 9.59 Å². The van der Waals surface area contributed by atoms with Gasteiger partial charge in [-0.2, -0.15) is 0 Å². The summed E-state index contributed by atoms with van der Waals surface area (Å²) in [5.74, 6) is 3.92. The lowest BCUT2D eigenvalue weighted by atomic mass is 9.26. The summed E-state index contributed by atoms with van der Waals surface area (Å²) >= 11 is 0. The Morgan fingerprint density at radius 1 is 0.851 bits per heavy atom. The Balaban J connectivity index is 0.953. The molecule has 11 fully saturated rings. The fraction of sp³-hybridized carbons (Fsp3) is 0.758. The first-order valence-corrected chi connectivity index (χ1v) is 31.5. The fourth-order valence-electron chi connectivity index (χ4n) is 25.8. The second-order valence-corrected chi connectivity index (χ2v) is 29.8. The van der Waals surface area contributed by atoms with E-state index < -0.39 is 16.4 Å². The first kappa shape index (κ1) is 44.6. The van der Waals surface area contributed by atoms with Gasteiger partial charge < -0.3 is 25.2 Å². The number of piperidine rings is 3. The summed E-state index contributed by atoms with van der Waals surface area (Å²) in [6.07, 6.45) is 34.5. The maximum atomic E-state index is 17.0. The van der Waals surface area contributed by atoms with E-state index in [9.17, 15) is 5.11 Å². The van der Waals surface area contributed by atoms with E-state index in [1.165, 1.54) is 134 Å². The molecule has 8 heterocycles. The molecule has 1 aromatic rings. The molecule has 11 bridgehead atoms. The summed E-state index contributed by atoms with van der Waals surface area (Å²) in [6.45, 7) is 5.56. The third kappa shape index (κ3) is 4.88. The predicted molar refractivity (Wildman–Crippen MR) is 282 cm³/mol. The van der Waals surface area contributed by atoms with Crippen molar-refractivity contribution in [3.63, 3.8) is 0 Å². The minimum absolute atomic E-state index is 0.0988. The van der Waals surface area contributed by atoms with Crippen molar-refractivity contribution in [1.82, 2.24) is 9.80 Å². The first-order chi connectivity index (χ1) is 36.1. The van der Waals surface area contributed by atoms with E-state index in [-0.39, 0.29) is 46.6 Å². The van der Waals surface area contributed by atoms with Crippen LogP contribution in [0.15, 0.2) is 63.8 Å². The number of nitrogens with zero attached hydrogens (tertiary/aromatic N) is 2. The average molecular weight is 998 g/mol. The second kappa shape index (κ2) is 14.7. The predicted octanol–water partition coefficient (Wildman–Crippen LogP) is 12.5. The Morgan fingerprint density at radius 3 is 2.59 bits per heavy atom. The zero-order valence-electron chi connectivity index (χ0n) is 44.6. The standard InChI is InChI=1S/C66H83N3O5/c1-36-27-40-14-15-49-43-29-44-34-68(49)55(40)53-45-18-23-64-58(56(70)46-30-41-16-21-62(57(46)69(33-43)54(41)44)25-24-61(35-62)19-5-6-20-61)73-60(72)65(64)50(66(64)48-13-7-11-38(12-8-26-67)51(48)59(71)74-66)31-42(37-9-3-2-4-10-37)28-39-17-22-63(36,53)32-47(39)52(45)65/h7,11,13,28,36-37,41-44,46-47,49-50,53-54,57,70H,2-6,8-10,12,14-27,29-35,67H2,1H3. The highest BCUT2D eigenvalue weighted by molar-refractivity contribution is 6.00. The Morgan fingerprint density at radius 2 is 1.73 bits per heavy atom. The smallest absolute Gasteiger partial charge is 0.339 e. The minimum Gasteiger partial charge on any atom is -0.508 e. The van der Waals surface area contributed by atoms with Crippen LogP contribution in [-0.4, -0.2) is 64.6 Å². The van der Waals surface area contributed by atoms with Gasteiger partial charge in [0.2, 0.25) is 0 Å². The van der Waals surface area contributed by atoms with Crippen molar-refractivity contribution in [2.75, 3.05) is 19.6 Å². The maximum Gasteiger partial charge on any atom is 0.339 e. The molecule has 5 saturated heterocycles. The van der Waals surface area contributed by atoms with Crippen LogP contribution < -0.4 is 5.73 Å². The molecule has 0 aromatic heterocycles. The zero-order valence-corrected chi connectivity index (χ0v) is 44.6. The summed E-state index contributed by atoms with van der Waals surface area (Å²) in [5.41, 5.74) is 14.7. The Labute approximate surface area is 440 Å². The molecule has 3 N–H and O–H groups in total. The number of aliphatic hydroxyl groups is 1. The number of aryl methyl sites for hydroxylation is 1. The molecule has 6 saturated carbocycles. The Kier molecular flexibility index (Phi) is 8.83. The lowest BCUT2D eigenvalue weighted by Crippen LogP contribution is -2.78. The van der Waals surface area contributed by atoms with Gasteiger partial charge in [0.25, 0.3) is 0 Å². The molecular weight excluding hydrogens is 915 g/mol. The van der Waals surface area contributed by atoms with E-state index in [1.54, 1.807) is 22.4 Å². The molecule has 8 aliphatic heterocycles. The third-order valence-electron chi connectivity index (χ3n) is 27.9. The van der Waals surface area contributed by atoms with Gasteiger partial charge in [0.05, 0.1) is 11.0 Å². The van der Waals surface area contributed by atoms with Gasteiger partial charge in [-0.25, -0.2) is 4.79 Å². The van der Waals surface area contributed by atoms with Crippen molar-refractivity contribution in [2.24, 2.45) is 92.0 Å². The van der Waals surface area contributed by atoms with Gasteiger partial charge in [-0.05, 0) is 211 Å². The Bertz CT molecular complexity index is 2860. The van der Waals surface area contributed by atoms with Gasteiger partial charge in [-0.1, -0.05) is 80.0 Å². The van der Waals surface area contributed by atoms with Crippen molar-refractivity contribution < 1.29 is 24.2 Å². The highest BCUT2D eigenvalue weighted by Crippen LogP contribution is 2.90. The quantitative estimate of drug-likeness (QED) is 0.227. The summed E-state index contributed by atoms with van der Waals surface area (Å²) in [5, 5.41) is 14.5. The van der Waals surface area contributed by atoms with Crippen LogP contribution in [0.1, 0.15) is 195 Å². The molecule has 17 unspecified atom stereocenters. The Hall–Kier alpha value is -3.36. The van der Waals surface area contributed by atoms with Crippen molar-refractivity contribution in [1.29, 1.82) is 0 Å². The molecule has 8 heteroatoms. The number of rotatable bonds is 4. The molecule has 74 heavy (non-hydrogen) atoms. The van der Waals surface area contributed by atoms with Crippen molar-refractivity contribution in [2.45, 2.75) is 204 Å². The molecule has 17 atom stereocenters. The number of benzene rings is 1. The van der Waals surface area contributed by atoms with Gasteiger partial charge >= 0.3 is 11.9 Å². The minimum atomic E-state index is -1.13. The number of allylic oxidation sites excluding steroid dienone is 4. The van der Waals surface area contributed by atoms with Crippen molar-refractivity contribution >= 4 is 11.9 Å². The van der Waals surface area contributed by atoms with Crippen LogP contribution in [0, 0.1) is 86.3 Å². The number of hydrogen-bond donors (Lipinski definition) is 2. The highest BCUT2D eigenvalue weighted by Gasteiger charge is 2.94.